The Labute approximate surface area is 106 Å². The third kappa shape index (κ3) is 3.76. The van der Waals surface area contributed by atoms with Crippen LogP contribution < -0.4 is 0 Å². The molecule has 0 amide bonds. The molecular formula is C13H19IO. The van der Waals surface area contributed by atoms with E-state index in [1.807, 2.05) is 6.07 Å². The van der Waals surface area contributed by atoms with Crippen molar-refractivity contribution in [2.24, 2.45) is 0 Å². The zero-order chi connectivity index (χ0) is 11.5. The van der Waals surface area contributed by atoms with Crippen molar-refractivity contribution < 1.29 is 4.74 Å². The summed E-state index contributed by atoms with van der Waals surface area (Å²) in [6.07, 6.45) is 0. The minimum atomic E-state index is -0.194. The molecule has 0 heterocycles. The molecule has 1 aromatic rings. The number of alkyl halides is 1. The summed E-state index contributed by atoms with van der Waals surface area (Å²) in [5.41, 5.74) is 0.935. The van der Waals surface area contributed by atoms with Gasteiger partial charge in [0, 0.05) is 4.43 Å². The Bertz CT molecular complexity index is 302. The lowest BCUT2D eigenvalue weighted by molar-refractivity contribution is -0.112. The second kappa shape index (κ2) is 4.83. The molecule has 1 rings (SSSR count). The first-order valence-corrected chi connectivity index (χ1v) is 6.72. The third-order valence-electron chi connectivity index (χ3n) is 2.17. The molecule has 0 aliphatic rings. The van der Waals surface area contributed by atoms with E-state index in [0.717, 1.165) is 4.43 Å². The fraction of sp³-hybridized carbons (Fsp3) is 0.538. The number of rotatable bonds is 3. The highest BCUT2D eigenvalue weighted by Crippen LogP contribution is 2.32. The summed E-state index contributed by atoms with van der Waals surface area (Å²) < 4.78 is 7.10. The van der Waals surface area contributed by atoms with E-state index in [2.05, 4.69) is 74.6 Å². The largest absolute Gasteiger partial charge is 0.364 e. The van der Waals surface area contributed by atoms with Crippen molar-refractivity contribution in [3.63, 3.8) is 0 Å². The average molecular weight is 318 g/mol. The molecule has 0 aliphatic carbocycles. The van der Waals surface area contributed by atoms with Gasteiger partial charge in [0.1, 0.15) is 0 Å². The number of hydrogen-bond acceptors (Lipinski definition) is 1. The van der Waals surface area contributed by atoms with Crippen molar-refractivity contribution in [3.05, 3.63) is 35.9 Å². The van der Waals surface area contributed by atoms with Gasteiger partial charge >= 0.3 is 0 Å². The van der Waals surface area contributed by atoms with Gasteiger partial charge in [-0.2, -0.15) is 0 Å². The van der Waals surface area contributed by atoms with Gasteiger partial charge in [0.05, 0.1) is 11.2 Å². The molecule has 0 bridgehead atoms. The summed E-state index contributed by atoms with van der Waals surface area (Å²) in [6.45, 7) is 8.45. The first kappa shape index (κ1) is 13.0. The quantitative estimate of drug-likeness (QED) is 0.601. The predicted molar refractivity (Wildman–Crippen MR) is 73.5 cm³/mol. The highest BCUT2D eigenvalue weighted by molar-refractivity contribution is 14.1. The molecule has 84 valence electrons. The van der Waals surface area contributed by atoms with Gasteiger partial charge in [-0.1, -0.05) is 52.9 Å². The molecule has 0 spiro atoms. The Balaban J connectivity index is 2.96. The normalized spacial score (nSPS) is 16.1. The molecule has 0 radical (unpaired) electrons. The maximum Gasteiger partial charge on any atom is 0.0999 e. The molecule has 1 atom stereocenters. The molecule has 1 aromatic carbocycles. The lowest BCUT2D eigenvalue weighted by Crippen LogP contribution is -2.36. The smallest absolute Gasteiger partial charge is 0.0999 e. The molecule has 15 heavy (non-hydrogen) atoms. The highest BCUT2D eigenvalue weighted by Gasteiger charge is 2.31. The molecule has 0 aliphatic heterocycles. The number of ether oxygens (including phenoxy) is 1. The van der Waals surface area contributed by atoms with Crippen LogP contribution in [0.5, 0.6) is 0 Å². The molecule has 2 heteroatoms. The Morgan fingerprint density at radius 2 is 1.60 bits per heavy atom. The van der Waals surface area contributed by atoms with E-state index in [4.69, 9.17) is 4.74 Å². The Morgan fingerprint density at radius 1 is 1.07 bits per heavy atom. The lowest BCUT2D eigenvalue weighted by atomic mass is 9.97. The van der Waals surface area contributed by atoms with Gasteiger partial charge in [-0.15, -0.1) is 0 Å². The summed E-state index contributed by atoms with van der Waals surface area (Å²) >= 11 is 2.38. The maximum absolute atomic E-state index is 6.15. The average Bonchev–Trinajstić information content (AvgIpc) is 2.16. The maximum atomic E-state index is 6.15. The van der Waals surface area contributed by atoms with Gasteiger partial charge in [-0.05, 0) is 33.3 Å². The fourth-order valence-electron chi connectivity index (χ4n) is 1.63. The van der Waals surface area contributed by atoms with Crippen molar-refractivity contribution >= 4 is 22.6 Å². The van der Waals surface area contributed by atoms with Gasteiger partial charge in [0.2, 0.25) is 0 Å². The molecular weight excluding hydrogens is 299 g/mol. The topological polar surface area (TPSA) is 9.23 Å². The highest BCUT2D eigenvalue weighted by atomic mass is 127. The van der Waals surface area contributed by atoms with Crippen molar-refractivity contribution in [2.45, 2.75) is 38.9 Å². The number of hydrogen-bond donors (Lipinski definition) is 0. The van der Waals surface area contributed by atoms with Crippen LogP contribution in [0.4, 0.5) is 0 Å². The Kier molecular flexibility index (Phi) is 4.18. The first-order chi connectivity index (χ1) is 6.87. The summed E-state index contributed by atoms with van der Waals surface area (Å²) in [4.78, 5) is 0. The summed E-state index contributed by atoms with van der Waals surface area (Å²) in [5, 5.41) is 0. The standard InChI is InChI=1S/C13H19IO/c1-12(2,3)15-13(4,10-14)11-8-6-5-7-9-11/h5-9H,10H2,1-4H3. The van der Waals surface area contributed by atoms with Crippen molar-refractivity contribution in [2.75, 3.05) is 4.43 Å². The second-order valence-electron chi connectivity index (χ2n) is 4.94. The molecule has 0 saturated heterocycles. The van der Waals surface area contributed by atoms with Crippen molar-refractivity contribution in [1.82, 2.24) is 0 Å². The number of halogens is 1. The zero-order valence-corrected chi connectivity index (χ0v) is 12.0. The van der Waals surface area contributed by atoms with E-state index in [1.165, 1.54) is 5.56 Å². The summed E-state index contributed by atoms with van der Waals surface area (Å²) in [7, 11) is 0. The van der Waals surface area contributed by atoms with Crippen LogP contribution in [0.15, 0.2) is 30.3 Å². The third-order valence-corrected chi connectivity index (χ3v) is 3.63. The zero-order valence-electron chi connectivity index (χ0n) is 9.88. The second-order valence-corrected chi connectivity index (χ2v) is 5.71. The van der Waals surface area contributed by atoms with Crippen LogP contribution in [-0.2, 0) is 10.3 Å². The fourth-order valence-corrected chi connectivity index (χ4v) is 2.23. The van der Waals surface area contributed by atoms with E-state index in [1.54, 1.807) is 0 Å². The lowest BCUT2D eigenvalue weighted by Gasteiger charge is -2.36. The van der Waals surface area contributed by atoms with E-state index in [9.17, 15) is 0 Å². The van der Waals surface area contributed by atoms with Gasteiger partial charge in [0.15, 0.2) is 0 Å². The van der Waals surface area contributed by atoms with Gasteiger partial charge in [-0.25, -0.2) is 0 Å². The molecule has 1 unspecified atom stereocenters. The number of benzene rings is 1. The van der Waals surface area contributed by atoms with Crippen LogP contribution >= 0.6 is 22.6 Å². The van der Waals surface area contributed by atoms with Crippen LogP contribution in [0.2, 0.25) is 0 Å². The molecule has 0 aromatic heterocycles. The van der Waals surface area contributed by atoms with Crippen molar-refractivity contribution in [3.8, 4) is 0 Å². The minimum Gasteiger partial charge on any atom is -0.364 e. The van der Waals surface area contributed by atoms with Crippen LogP contribution in [0.3, 0.4) is 0 Å². The monoisotopic (exact) mass is 318 g/mol. The van der Waals surface area contributed by atoms with Crippen LogP contribution in [0.1, 0.15) is 33.3 Å². The van der Waals surface area contributed by atoms with Gasteiger partial charge in [-0.3, -0.25) is 0 Å². The molecule has 0 fully saturated rings. The molecule has 1 nitrogen and oxygen atoms in total. The van der Waals surface area contributed by atoms with Crippen LogP contribution in [0, 0.1) is 0 Å². The Morgan fingerprint density at radius 3 is 2.00 bits per heavy atom. The minimum absolute atomic E-state index is 0.115. The summed E-state index contributed by atoms with van der Waals surface area (Å²) in [5.74, 6) is 0. The van der Waals surface area contributed by atoms with Crippen LogP contribution in [-0.4, -0.2) is 10.0 Å². The van der Waals surface area contributed by atoms with Crippen molar-refractivity contribution in [1.29, 1.82) is 0 Å². The summed E-state index contributed by atoms with van der Waals surface area (Å²) in [6, 6.07) is 10.4. The van der Waals surface area contributed by atoms with Gasteiger partial charge in [0.25, 0.3) is 0 Å². The SMILES string of the molecule is CC(C)(C)OC(C)(CI)c1ccccc1. The Hall–Kier alpha value is -0.0900. The molecule has 0 N–H and O–H groups in total. The molecule has 0 saturated carbocycles. The van der Waals surface area contributed by atoms with E-state index < -0.39 is 0 Å². The van der Waals surface area contributed by atoms with E-state index in [-0.39, 0.29) is 11.2 Å². The van der Waals surface area contributed by atoms with E-state index in [0.29, 0.717) is 0 Å². The van der Waals surface area contributed by atoms with Crippen LogP contribution in [0.25, 0.3) is 0 Å². The predicted octanol–water partition coefficient (Wildman–Crippen LogP) is 4.15. The van der Waals surface area contributed by atoms with Gasteiger partial charge < -0.3 is 4.74 Å². The van der Waals surface area contributed by atoms with E-state index >= 15 is 0 Å². The first-order valence-electron chi connectivity index (χ1n) is 5.19.